The molecule has 15 heavy (non-hydrogen) atoms. The van der Waals surface area contributed by atoms with Crippen LogP contribution in [-0.4, -0.2) is 25.7 Å². The molecule has 0 spiro atoms. The molecule has 1 rings (SSSR count). The summed E-state index contributed by atoms with van der Waals surface area (Å²) in [5.74, 6) is -1.10. The average Bonchev–Trinajstić information content (AvgIpc) is 2.26. The summed E-state index contributed by atoms with van der Waals surface area (Å²) in [7, 11) is 1.24. The Hall–Kier alpha value is -1.84. The maximum atomic E-state index is 11.3. The van der Waals surface area contributed by atoms with E-state index in [9.17, 15) is 9.59 Å². The van der Waals surface area contributed by atoms with Crippen molar-refractivity contribution in [2.45, 2.75) is 6.92 Å². The van der Waals surface area contributed by atoms with Gasteiger partial charge in [-0.2, -0.15) is 0 Å². The summed E-state index contributed by atoms with van der Waals surface area (Å²) in [5, 5.41) is 0. The van der Waals surface area contributed by atoms with Crippen LogP contribution in [0.25, 0.3) is 0 Å². The van der Waals surface area contributed by atoms with Gasteiger partial charge in [-0.05, 0) is 19.1 Å². The zero-order valence-electron chi connectivity index (χ0n) is 8.65. The molecule has 0 radical (unpaired) electrons. The summed E-state index contributed by atoms with van der Waals surface area (Å²) in [6.07, 6.45) is 0. The lowest BCUT2D eigenvalue weighted by atomic mass is 10.1. The molecule has 0 saturated carbocycles. The van der Waals surface area contributed by atoms with Gasteiger partial charge in [0.15, 0.2) is 6.61 Å². The average molecular weight is 208 g/mol. The topological polar surface area (TPSA) is 52.6 Å². The Morgan fingerprint density at radius 3 is 2.33 bits per heavy atom. The van der Waals surface area contributed by atoms with Gasteiger partial charge >= 0.3 is 11.9 Å². The van der Waals surface area contributed by atoms with E-state index in [2.05, 4.69) is 4.74 Å². The molecule has 4 heteroatoms. The van der Waals surface area contributed by atoms with E-state index >= 15 is 0 Å². The predicted octanol–water partition coefficient (Wildman–Crippen LogP) is 1.32. The van der Waals surface area contributed by atoms with Gasteiger partial charge in [-0.25, -0.2) is 9.59 Å². The fourth-order valence-electron chi connectivity index (χ4n) is 0.956. The van der Waals surface area contributed by atoms with Crippen LogP contribution >= 0.6 is 0 Å². The first-order valence-electron chi connectivity index (χ1n) is 4.44. The van der Waals surface area contributed by atoms with Crippen molar-refractivity contribution < 1.29 is 19.1 Å². The number of ether oxygens (including phenoxy) is 2. The van der Waals surface area contributed by atoms with E-state index in [1.54, 1.807) is 24.3 Å². The lowest BCUT2D eigenvalue weighted by molar-refractivity contribution is -0.144. The van der Waals surface area contributed by atoms with E-state index < -0.39 is 11.9 Å². The van der Waals surface area contributed by atoms with Crippen LogP contribution in [0.3, 0.4) is 0 Å². The van der Waals surface area contributed by atoms with Crippen molar-refractivity contribution in [3.05, 3.63) is 35.4 Å². The minimum absolute atomic E-state index is 0.358. The molecule has 0 atom stereocenters. The summed E-state index contributed by atoms with van der Waals surface area (Å²) >= 11 is 0. The van der Waals surface area contributed by atoms with Crippen LogP contribution in [0.1, 0.15) is 15.9 Å². The molecule has 1 aromatic carbocycles. The zero-order valence-corrected chi connectivity index (χ0v) is 8.65. The van der Waals surface area contributed by atoms with Crippen LogP contribution in [0.4, 0.5) is 0 Å². The number of benzene rings is 1. The Morgan fingerprint density at radius 1 is 1.20 bits per heavy atom. The minimum Gasteiger partial charge on any atom is -0.466 e. The molecule has 0 bridgehead atoms. The van der Waals surface area contributed by atoms with E-state index in [0.717, 1.165) is 5.56 Å². The highest BCUT2D eigenvalue weighted by atomic mass is 16.6. The Bertz CT molecular complexity index is 353. The molecule has 0 aliphatic heterocycles. The first-order chi connectivity index (χ1) is 7.13. The lowest BCUT2D eigenvalue weighted by Crippen LogP contribution is -2.14. The van der Waals surface area contributed by atoms with Crippen LogP contribution in [-0.2, 0) is 14.3 Å². The van der Waals surface area contributed by atoms with Crippen molar-refractivity contribution in [3.63, 3.8) is 0 Å². The molecule has 0 unspecified atom stereocenters. The van der Waals surface area contributed by atoms with Gasteiger partial charge in [0.25, 0.3) is 0 Å². The van der Waals surface area contributed by atoms with Gasteiger partial charge in [0, 0.05) is 0 Å². The molecular formula is C11H12O4. The van der Waals surface area contributed by atoms with Crippen molar-refractivity contribution in [2.75, 3.05) is 13.7 Å². The number of hydrogen-bond donors (Lipinski definition) is 0. The van der Waals surface area contributed by atoms with Crippen LogP contribution in [0.15, 0.2) is 24.3 Å². The van der Waals surface area contributed by atoms with Crippen LogP contribution in [0.5, 0.6) is 0 Å². The Balaban J connectivity index is 2.54. The SMILES string of the molecule is COC(=O)COC(=O)c1ccc(C)cc1. The fourth-order valence-corrected chi connectivity index (χ4v) is 0.956. The third-order valence-corrected chi connectivity index (χ3v) is 1.84. The summed E-state index contributed by atoms with van der Waals surface area (Å²) in [4.78, 5) is 22.0. The zero-order chi connectivity index (χ0) is 11.3. The van der Waals surface area contributed by atoms with Gasteiger partial charge in [0.2, 0.25) is 0 Å². The van der Waals surface area contributed by atoms with E-state index in [4.69, 9.17) is 4.74 Å². The van der Waals surface area contributed by atoms with Gasteiger partial charge in [-0.15, -0.1) is 0 Å². The van der Waals surface area contributed by atoms with Crippen molar-refractivity contribution >= 4 is 11.9 Å². The molecule has 0 aliphatic carbocycles. The molecule has 0 fully saturated rings. The highest BCUT2D eigenvalue weighted by molar-refractivity contribution is 5.90. The first kappa shape index (κ1) is 11.2. The number of aryl methyl sites for hydroxylation is 1. The summed E-state index contributed by atoms with van der Waals surface area (Å²) in [5.41, 5.74) is 1.48. The summed E-state index contributed by atoms with van der Waals surface area (Å²) in [6, 6.07) is 6.90. The number of rotatable bonds is 3. The second-order valence-corrected chi connectivity index (χ2v) is 3.02. The van der Waals surface area contributed by atoms with Crippen molar-refractivity contribution in [3.8, 4) is 0 Å². The van der Waals surface area contributed by atoms with Gasteiger partial charge in [-0.1, -0.05) is 17.7 Å². The smallest absolute Gasteiger partial charge is 0.344 e. The molecule has 1 aromatic rings. The summed E-state index contributed by atoms with van der Waals surface area (Å²) in [6.45, 7) is 1.56. The normalized spacial score (nSPS) is 9.47. The van der Waals surface area contributed by atoms with Gasteiger partial charge < -0.3 is 9.47 Å². The number of methoxy groups -OCH3 is 1. The van der Waals surface area contributed by atoms with Crippen LogP contribution in [0, 0.1) is 6.92 Å². The highest BCUT2D eigenvalue weighted by Crippen LogP contribution is 2.04. The number of hydrogen-bond acceptors (Lipinski definition) is 4. The lowest BCUT2D eigenvalue weighted by Gasteiger charge is -2.03. The van der Waals surface area contributed by atoms with Gasteiger partial charge in [0.05, 0.1) is 12.7 Å². The summed E-state index contributed by atoms with van der Waals surface area (Å²) < 4.78 is 9.05. The molecule has 0 amide bonds. The van der Waals surface area contributed by atoms with Crippen molar-refractivity contribution in [1.29, 1.82) is 0 Å². The molecule has 80 valence electrons. The minimum atomic E-state index is -0.574. The molecular weight excluding hydrogens is 196 g/mol. The first-order valence-corrected chi connectivity index (χ1v) is 4.44. The maximum Gasteiger partial charge on any atom is 0.344 e. The standard InChI is InChI=1S/C11H12O4/c1-8-3-5-9(6-4-8)11(13)15-7-10(12)14-2/h3-6H,7H2,1-2H3. The second kappa shape index (κ2) is 5.14. The molecule has 0 N–H and O–H groups in total. The van der Waals surface area contributed by atoms with Gasteiger partial charge in [-0.3, -0.25) is 0 Å². The monoisotopic (exact) mass is 208 g/mol. The van der Waals surface area contributed by atoms with E-state index in [0.29, 0.717) is 5.56 Å². The number of carbonyl (C=O) groups excluding carboxylic acids is 2. The van der Waals surface area contributed by atoms with Crippen LogP contribution in [0.2, 0.25) is 0 Å². The van der Waals surface area contributed by atoms with Crippen LogP contribution < -0.4 is 0 Å². The Kier molecular flexibility index (Phi) is 3.85. The van der Waals surface area contributed by atoms with E-state index in [-0.39, 0.29) is 6.61 Å². The maximum absolute atomic E-state index is 11.3. The largest absolute Gasteiger partial charge is 0.466 e. The molecule has 0 heterocycles. The molecule has 0 aliphatic rings. The fraction of sp³-hybridized carbons (Fsp3) is 0.273. The Labute approximate surface area is 87.8 Å². The highest BCUT2D eigenvalue weighted by Gasteiger charge is 2.09. The third kappa shape index (κ3) is 3.42. The quantitative estimate of drug-likeness (QED) is 0.703. The Morgan fingerprint density at radius 2 is 1.80 bits per heavy atom. The van der Waals surface area contributed by atoms with E-state index in [1.807, 2.05) is 6.92 Å². The third-order valence-electron chi connectivity index (χ3n) is 1.84. The predicted molar refractivity (Wildman–Crippen MR) is 53.5 cm³/mol. The molecule has 0 aromatic heterocycles. The van der Waals surface area contributed by atoms with E-state index in [1.165, 1.54) is 7.11 Å². The van der Waals surface area contributed by atoms with Crippen molar-refractivity contribution in [1.82, 2.24) is 0 Å². The number of carbonyl (C=O) groups is 2. The van der Waals surface area contributed by atoms with Crippen molar-refractivity contribution in [2.24, 2.45) is 0 Å². The molecule has 0 saturated heterocycles. The molecule has 4 nitrogen and oxygen atoms in total. The second-order valence-electron chi connectivity index (χ2n) is 3.02. The van der Waals surface area contributed by atoms with Gasteiger partial charge in [0.1, 0.15) is 0 Å². The number of esters is 2.